The molecule has 0 aliphatic carbocycles. The van der Waals surface area contributed by atoms with Crippen LogP contribution < -0.4 is 0 Å². The summed E-state index contributed by atoms with van der Waals surface area (Å²) in [6.45, 7) is 8.80. The van der Waals surface area contributed by atoms with Gasteiger partial charge in [-0.2, -0.15) is 0 Å². The zero-order chi connectivity index (χ0) is 8.04. The van der Waals surface area contributed by atoms with Gasteiger partial charge in [-0.15, -0.1) is 0 Å². The molecule has 0 aromatic rings. The van der Waals surface area contributed by atoms with Crippen LogP contribution in [-0.4, -0.2) is 15.4 Å². The lowest BCUT2D eigenvalue weighted by atomic mass is 10.0. The van der Waals surface area contributed by atoms with Gasteiger partial charge >= 0.3 is 0 Å². The average Bonchev–Trinajstić information content (AvgIpc) is 1.84. The first kappa shape index (κ1) is 10.2. The molecule has 0 amide bonds. The summed E-state index contributed by atoms with van der Waals surface area (Å²) in [7, 11) is -0.203. The molecule has 0 aromatic carbocycles. The van der Waals surface area contributed by atoms with Crippen molar-refractivity contribution in [3.05, 3.63) is 0 Å². The van der Waals surface area contributed by atoms with Crippen molar-refractivity contribution in [2.75, 3.05) is 0 Å². The lowest BCUT2D eigenvalue weighted by molar-refractivity contribution is 0.104. The summed E-state index contributed by atoms with van der Waals surface area (Å²) in [4.78, 5) is 0. The molecule has 0 fully saturated rings. The van der Waals surface area contributed by atoms with Gasteiger partial charge in [0.15, 0.2) is 9.76 Å². The number of rotatable bonds is 5. The van der Waals surface area contributed by atoms with Crippen LogP contribution in [0.1, 0.15) is 40.5 Å². The van der Waals surface area contributed by atoms with Gasteiger partial charge in [-0.1, -0.05) is 20.3 Å². The van der Waals surface area contributed by atoms with Crippen molar-refractivity contribution in [1.82, 2.24) is 0 Å². The molecular formula is C8H20OSi. The topological polar surface area (TPSA) is 9.23 Å². The van der Waals surface area contributed by atoms with E-state index < -0.39 is 0 Å². The van der Waals surface area contributed by atoms with E-state index in [1.165, 1.54) is 18.9 Å². The minimum atomic E-state index is -0.203. The Morgan fingerprint density at radius 1 is 1.30 bits per heavy atom. The van der Waals surface area contributed by atoms with E-state index in [-0.39, 0.29) is 15.4 Å². The Balaban J connectivity index is 3.42. The first-order valence-electron chi connectivity index (χ1n) is 4.26. The first-order valence-corrected chi connectivity index (χ1v) is 5.84. The zero-order valence-corrected chi connectivity index (χ0v) is 9.15. The maximum absolute atomic E-state index is 5.76. The van der Waals surface area contributed by atoms with E-state index in [1.54, 1.807) is 0 Å². The highest BCUT2D eigenvalue weighted by Gasteiger charge is 2.14. The smallest absolute Gasteiger partial charge is 0.162 e. The van der Waals surface area contributed by atoms with Gasteiger partial charge in [0, 0.05) is 5.60 Å². The summed E-state index contributed by atoms with van der Waals surface area (Å²) < 4.78 is 5.76. The van der Waals surface area contributed by atoms with Crippen LogP contribution >= 0.6 is 0 Å². The molecule has 0 aliphatic rings. The SMILES string of the molecule is CCCC(C)(C)O[SiH2]CC. The Morgan fingerprint density at radius 3 is 2.30 bits per heavy atom. The highest BCUT2D eigenvalue weighted by atomic mass is 28.2. The third-order valence-electron chi connectivity index (χ3n) is 1.55. The third-order valence-corrected chi connectivity index (χ3v) is 2.94. The lowest BCUT2D eigenvalue weighted by Gasteiger charge is -2.24. The summed E-state index contributed by atoms with van der Waals surface area (Å²) >= 11 is 0. The van der Waals surface area contributed by atoms with E-state index >= 15 is 0 Å². The second kappa shape index (κ2) is 4.91. The summed E-state index contributed by atoms with van der Waals surface area (Å²) in [5.74, 6) is 0. The van der Waals surface area contributed by atoms with E-state index in [2.05, 4.69) is 27.7 Å². The van der Waals surface area contributed by atoms with Crippen LogP contribution in [0.25, 0.3) is 0 Å². The summed E-state index contributed by atoms with van der Waals surface area (Å²) in [6, 6.07) is 1.26. The molecule has 0 bridgehead atoms. The largest absolute Gasteiger partial charge is 0.419 e. The molecule has 0 radical (unpaired) electrons. The van der Waals surface area contributed by atoms with Gasteiger partial charge in [-0.05, 0) is 26.3 Å². The number of hydrogen-bond acceptors (Lipinski definition) is 1. The summed E-state index contributed by atoms with van der Waals surface area (Å²) in [5.41, 5.74) is 0.164. The van der Waals surface area contributed by atoms with E-state index in [0.29, 0.717) is 0 Å². The quantitative estimate of drug-likeness (QED) is 0.560. The first-order chi connectivity index (χ1) is 4.62. The van der Waals surface area contributed by atoms with E-state index in [4.69, 9.17) is 4.43 Å². The minimum Gasteiger partial charge on any atom is -0.419 e. The van der Waals surface area contributed by atoms with Crippen molar-refractivity contribution in [3.63, 3.8) is 0 Å². The minimum absolute atomic E-state index is 0.164. The van der Waals surface area contributed by atoms with Gasteiger partial charge in [0.05, 0.1) is 0 Å². The fourth-order valence-electron chi connectivity index (χ4n) is 1.05. The Bertz CT molecular complexity index is 81.3. The van der Waals surface area contributed by atoms with Gasteiger partial charge < -0.3 is 4.43 Å². The summed E-state index contributed by atoms with van der Waals surface area (Å²) in [5, 5.41) is 0. The molecule has 0 rings (SSSR count). The van der Waals surface area contributed by atoms with Crippen molar-refractivity contribution in [2.45, 2.75) is 52.2 Å². The fraction of sp³-hybridized carbons (Fsp3) is 1.00. The molecule has 10 heavy (non-hydrogen) atoms. The van der Waals surface area contributed by atoms with Crippen LogP contribution in [0.15, 0.2) is 0 Å². The predicted molar refractivity (Wildman–Crippen MR) is 49.1 cm³/mol. The van der Waals surface area contributed by atoms with Crippen LogP contribution in [0.2, 0.25) is 6.04 Å². The normalized spacial score (nSPS) is 13.2. The highest BCUT2D eigenvalue weighted by molar-refractivity contribution is 6.27. The third kappa shape index (κ3) is 5.00. The lowest BCUT2D eigenvalue weighted by Crippen LogP contribution is -2.25. The summed E-state index contributed by atoms with van der Waals surface area (Å²) in [6.07, 6.45) is 2.42. The number of hydrogen-bond donors (Lipinski definition) is 0. The van der Waals surface area contributed by atoms with E-state index in [1.807, 2.05) is 0 Å². The van der Waals surface area contributed by atoms with E-state index in [0.717, 1.165) is 0 Å². The van der Waals surface area contributed by atoms with Crippen LogP contribution in [0.4, 0.5) is 0 Å². The van der Waals surface area contributed by atoms with Crippen molar-refractivity contribution in [3.8, 4) is 0 Å². The van der Waals surface area contributed by atoms with Crippen molar-refractivity contribution in [2.24, 2.45) is 0 Å². The molecule has 0 saturated carbocycles. The molecule has 2 heteroatoms. The van der Waals surface area contributed by atoms with Gasteiger partial charge in [0.2, 0.25) is 0 Å². The van der Waals surface area contributed by atoms with Crippen molar-refractivity contribution < 1.29 is 4.43 Å². The molecular weight excluding hydrogens is 140 g/mol. The molecule has 0 atom stereocenters. The zero-order valence-electron chi connectivity index (χ0n) is 7.74. The Hall–Kier alpha value is 0.177. The Labute approximate surface area is 67.1 Å². The van der Waals surface area contributed by atoms with Crippen LogP contribution in [0, 0.1) is 0 Å². The van der Waals surface area contributed by atoms with E-state index in [9.17, 15) is 0 Å². The molecule has 0 saturated heterocycles. The highest BCUT2D eigenvalue weighted by Crippen LogP contribution is 2.15. The van der Waals surface area contributed by atoms with Gasteiger partial charge in [0.25, 0.3) is 0 Å². The second-order valence-corrected chi connectivity index (χ2v) is 5.06. The Kier molecular flexibility index (Phi) is 5.00. The molecule has 62 valence electrons. The monoisotopic (exact) mass is 160 g/mol. The molecule has 0 spiro atoms. The molecule has 0 heterocycles. The molecule has 1 nitrogen and oxygen atoms in total. The van der Waals surface area contributed by atoms with Crippen LogP contribution in [-0.2, 0) is 4.43 Å². The fourth-order valence-corrected chi connectivity index (χ4v) is 1.95. The molecule has 0 aromatic heterocycles. The second-order valence-electron chi connectivity index (χ2n) is 3.36. The van der Waals surface area contributed by atoms with Crippen LogP contribution in [0.5, 0.6) is 0 Å². The molecule has 0 N–H and O–H groups in total. The Morgan fingerprint density at radius 2 is 1.90 bits per heavy atom. The van der Waals surface area contributed by atoms with Crippen LogP contribution in [0.3, 0.4) is 0 Å². The average molecular weight is 160 g/mol. The van der Waals surface area contributed by atoms with Gasteiger partial charge in [-0.3, -0.25) is 0 Å². The maximum atomic E-state index is 5.76. The van der Waals surface area contributed by atoms with Crippen molar-refractivity contribution in [1.29, 1.82) is 0 Å². The molecule has 0 aliphatic heterocycles. The standard InChI is InChI=1S/C8H20OSi/c1-5-7-8(3,4)9-10-6-2/h5-7,10H2,1-4H3. The van der Waals surface area contributed by atoms with Crippen molar-refractivity contribution >= 4 is 9.76 Å². The predicted octanol–water partition coefficient (Wildman–Crippen LogP) is 2.10. The maximum Gasteiger partial charge on any atom is 0.162 e. The molecule has 0 unspecified atom stereocenters. The van der Waals surface area contributed by atoms with Gasteiger partial charge in [0.1, 0.15) is 0 Å². The van der Waals surface area contributed by atoms with Gasteiger partial charge in [-0.25, -0.2) is 0 Å².